The van der Waals surface area contributed by atoms with Crippen molar-refractivity contribution in [2.45, 2.75) is 6.54 Å². The lowest BCUT2D eigenvalue weighted by molar-refractivity contribution is -0.129. The molecule has 7 heteroatoms. The summed E-state index contributed by atoms with van der Waals surface area (Å²) in [5, 5.41) is 2.73. The predicted molar refractivity (Wildman–Crippen MR) is 72.9 cm³/mol. The van der Waals surface area contributed by atoms with Gasteiger partial charge in [-0.3, -0.25) is 19.5 Å². The van der Waals surface area contributed by atoms with E-state index in [1.54, 1.807) is 18.5 Å². The summed E-state index contributed by atoms with van der Waals surface area (Å²) in [6, 6.07) is 3.67. The van der Waals surface area contributed by atoms with Gasteiger partial charge in [0.2, 0.25) is 11.8 Å². The highest BCUT2D eigenvalue weighted by Gasteiger charge is 2.28. The zero-order chi connectivity index (χ0) is 13.0. The predicted octanol–water partition coefficient (Wildman–Crippen LogP) is 0.558. The maximum absolute atomic E-state index is 11.7. The number of hydrogen-bond donors (Lipinski definition) is 1. The molecule has 1 saturated heterocycles. The quantitative estimate of drug-likeness (QED) is 0.817. The SMILES string of the molecule is O=C(CN1C(=O)CSC1=S)NCc1cccnc1. The highest BCUT2D eigenvalue weighted by Crippen LogP contribution is 2.18. The Morgan fingerprint density at radius 1 is 1.61 bits per heavy atom. The first kappa shape index (κ1) is 13.0. The Labute approximate surface area is 114 Å². The Bertz CT molecular complexity index is 462. The topological polar surface area (TPSA) is 62.3 Å². The van der Waals surface area contributed by atoms with Crippen LogP contribution in [-0.4, -0.2) is 38.3 Å². The van der Waals surface area contributed by atoms with Gasteiger partial charge in [0, 0.05) is 18.9 Å². The van der Waals surface area contributed by atoms with Crippen molar-refractivity contribution in [3.05, 3.63) is 30.1 Å². The number of carbonyl (C=O) groups is 2. The van der Waals surface area contributed by atoms with Crippen molar-refractivity contribution in [3.8, 4) is 0 Å². The minimum absolute atomic E-state index is 0.00900. The zero-order valence-electron chi connectivity index (χ0n) is 9.46. The molecule has 0 radical (unpaired) electrons. The molecule has 1 aliphatic heterocycles. The van der Waals surface area contributed by atoms with E-state index in [0.29, 0.717) is 16.6 Å². The van der Waals surface area contributed by atoms with Gasteiger partial charge in [-0.05, 0) is 11.6 Å². The van der Waals surface area contributed by atoms with Crippen molar-refractivity contribution in [1.29, 1.82) is 0 Å². The van der Waals surface area contributed by atoms with E-state index >= 15 is 0 Å². The van der Waals surface area contributed by atoms with Gasteiger partial charge in [-0.25, -0.2) is 0 Å². The van der Waals surface area contributed by atoms with Crippen molar-refractivity contribution in [1.82, 2.24) is 15.2 Å². The minimum Gasteiger partial charge on any atom is -0.350 e. The molecule has 0 bridgehead atoms. The second-order valence-electron chi connectivity index (χ2n) is 3.67. The Morgan fingerprint density at radius 2 is 2.44 bits per heavy atom. The van der Waals surface area contributed by atoms with Crippen molar-refractivity contribution in [2.75, 3.05) is 12.3 Å². The van der Waals surface area contributed by atoms with Gasteiger partial charge in [0.05, 0.1) is 5.75 Å². The Hall–Kier alpha value is -1.47. The molecule has 94 valence electrons. The molecule has 0 saturated carbocycles. The first-order valence-corrected chi connectivity index (χ1v) is 6.69. The number of amides is 2. The first-order chi connectivity index (χ1) is 8.66. The average molecular weight is 281 g/mol. The van der Waals surface area contributed by atoms with Crippen molar-refractivity contribution < 1.29 is 9.59 Å². The van der Waals surface area contributed by atoms with Gasteiger partial charge >= 0.3 is 0 Å². The van der Waals surface area contributed by atoms with Crippen LogP contribution in [0.1, 0.15) is 5.56 Å². The molecule has 2 amide bonds. The van der Waals surface area contributed by atoms with Crippen LogP contribution in [0.25, 0.3) is 0 Å². The number of rotatable bonds is 4. The number of nitrogens with zero attached hydrogens (tertiary/aromatic N) is 2. The summed E-state index contributed by atoms with van der Waals surface area (Å²) in [5.74, 6) is -0.00655. The highest BCUT2D eigenvalue weighted by atomic mass is 32.2. The molecular formula is C11H11N3O2S2. The van der Waals surface area contributed by atoms with E-state index in [2.05, 4.69) is 10.3 Å². The van der Waals surface area contributed by atoms with Crippen molar-refractivity contribution in [3.63, 3.8) is 0 Å². The molecule has 1 N–H and O–H groups in total. The largest absolute Gasteiger partial charge is 0.350 e. The Kier molecular flexibility index (Phi) is 4.27. The second-order valence-corrected chi connectivity index (χ2v) is 5.28. The molecule has 0 aliphatic carbocycles. The van der Waals surface area contributed by atoms with Crippen LogP contribution in [0.5, 0.6) is 0 Å². The van der Waals surface area contributed by atoms with Gasteiger partial charge in [0.15, 0.2) is 0 Å². The molecule has 0 atom stereocenters. The van der Waals surface area contributed by atoms with Crippen LogP contribution in [-0.2, 0) is 16.1 Å². The summed E-state index contributed by atoms with van der Waals surface area (Å²) in [4.78, 5) is 28.4. The summed E-state index contributed by atoms with van der Waals surface area (Å²) in [6.07, 6.45) is 3.35. The molecule has 0 aromatic carbocycles. The highest BCUT2D eigenvalue weighted by molar-refractivity contribution is 8.23. The van der Waals surface area contributed by atoms with E-state index in [1.165, 1.54) is 16.7 Å². The van der Waals surface area contributed by atoms with Crippen LogP contribution in [0, 0.1) is 0 Å². The maximum atomic E-state index is 11.7. The summed E-state index contributed by atoms with van der Waals surface area (Å²) in [5.41, 5.74) is 0.913. The van der Waals surface area contributed by atoms with E-state index in [9.17, 15) is 9.59 Å². The summed E-state index contributed by atoms with van der Waals surface area (Å²) < 4.78 is 0.469. The van der Waals surface area contributed by atoms with Crippen LogP contribution < -0.4 is 5.32 Å². The fourth-order valence-corrected chi connectivity index (χ4v) is 2.50. The van der Waals surface area contributed by atoms with Crippen LogP contribution in [0.2, 0.25) is 0 Å². The molecule has 2 heterocycles. The lowest BCUT2D eigenvalue weighted by atomic mass is 10.3. The lowest BCUT2D eigenvalue weighted by Crippen LogP contribution is -2.39. The van der Waals surface area contributed by atoms with Crippen molar-refractivity contribution >= 4 is 40.1 Å². The summed E-state index contributed by atoms with van der Waals surface area (Å²) in [6.45, 7) is 0.388. The molecule has 1 aromatic rings. The molecular weight excluding hydrogens is 270 g/mol. The standard InChI is InChI=1S/C11H11N3O2S2/c15-9(6-14-10(16)7-18-11(14)17)13-5-8-2-1-3-12-4-8/h1-4H,5-7H2,(H,13,15). The molecule has 0 spiro atoms. The molecule has 5 nitrogen and oxygen atoms in total. The third-order valence-corrected chi connectivity index (χ3v) is 3.79. The fraction of sp³-hybridized carbons (Fsp3) is 0.273. The number of aromatic nitrogens is 1. The number of carbonyl (C=O) groups excluding carboxylic acids is 2. The molecule has 18 heavy (non-hydrogen) atoms. The summed E-state index contributed by atoms with van der Waals surface area (Å²) >= 11 is 6.28. The number of nitrogens with one attached hydrogen (secondary N) is 1. The zero-order valence-corrected chi connectivity index (χ0v) is 11.1. The maximum Gasteiger partial charge on any atom is 0.240 e. The Balaban J connectivity index is 1.82. The van der Waals surface area contributed by atoms with Crippen LogP contribution in [0.4, 0.5) is 0 Å². The van der Waals surface area contributed by atoms with Gasteiger partial charge in [0.25, 0.3) is 0 Å². The molecule has 1 fully saturated rings. The third kappa shape index (κ3) is 3.27. The van der Waals surface area contributed by atoms with E-state index < -0.39 is 0 Å². The second kappa shape index (κ2) is 5.92. The van der Waals surface area contributed by atoms with E-state index in [4.69, 9.17) is 12.2 Å². The average Bonchev–Trinajstić information content (AvgIpc) is 2.69. The van der Waals surface area contributed by atoms with Crippen LogP contribution >= 0.6 is 24.0 Å². The molecule has 1 aliphatic rings. The third-order valence-electron chi connectivity index (χ3n) is 2.35. The number of pyridine rings is 1. The number of thiocarbonyl (C=S) groups is 1. The van der Waals surface area contributed by atoms with Gasteiger partial charge < -0.3 is 5.32 Å². The molecule has 0 unspecified atom stereocenters. The Morgan fingerprint density at radius 3 is 3.06 bits per heavy atom. The number of thioether (sulfide) groups is 1. The van der Waals surface area contributed by atoms with Gasteiger partial charge in [-0.2, -0.15) is 0 Å². The van der Waals surface area contributed by atoms with Gasteiger partial charge in [0.1, 0.15) is 10.9 Å². The van der Waals surface area contributed by atoms with Gasteiger partial charge in [-0.15, -0.1) is 0 Å². The normalized spacial score (nSPS) is 15.0. The van der Waals surface area contributed by atoms with E-state index in [0.717, 1.165) is 5.56 Å². The first-order valence-electron chi connectivity index (χ1n) is 5.29. The van der Waals surface area contributed by atoms with Crippen molar-refractivity contribution in [2.24, 2.45) is 0 Å². The van der Waals surface area contributed by atoms with Gasteiger partial charge in [-0.1, -0.05) is 30.0 Å². The lowest BCUT2D eigenvalue weighted by Gasteiger charge is -2.14. The van der Waals surface area contributed by atoms with E-state index in [1.807, 2.05) is 6.07 Å². The number of hydrogen-bond acceptors (Lipinski definition) is 5. The fourth-order valence-electron chi connectivity index (χ4n) is 1.44. The van der Waals surface area contributed by atoms with E-state index in [-0.39, 0.29) is 18.4 Å². The summed E-state index contributed by atoms with van der Waals surface area (Å²) in [7, 11) is 0. The monoisotopic (exact) mass is 281 g/mol. The molecule has 1 aromatic heterocycles. The minimum atomic E-state index is -0.225. The molecule has 2 rings (SSSR count). The smallest absolute Gasteiger partial charge is 0.240 e. The van der Waals surface area contributed by atoms with Crippen LogP contribution in [0.15, 0.2) is 24.5 Å². The van der Waals surface area contributed by atoms with Crippen LogP contribution in [0.3, 0.4) is 0 Å².